The van der Waals surface area contributed by atoms with Gasteiger partial charge in [0.15, 0.2) is 0 Å². The van der Waals surface area contributed by atoms with E-state index in [9.17, 15) is 9.90 Å². The fourth-order valence-corrected chi connectivity index (χ4v) is 4.43. The molecule has 2 unspecified atom stereocenters. The number of carbonyl (C=O) groups excluding carboxylic acids is 1. The van der Waals surface area contributed by atoms with Gasteiger partial charge in [0.25, 0.3) is 0 Å². The molecule has 0 aliphatic heterocycles. The van der Waals surface area contributed by atoms with Crippen molar-refractivity contribution in [3.63, 3.8) is 0 Å². The number of hydrogen-bond acceptors (Lipinski definition) is 2. The van der Waals surface area contributed by atoms with Crippen LogP contribution in [0.15, 0.2) is 85.0 Å². The summed E-state index contributed by atoms with van der Waals surface area (Å²) in [7, 11) is 0. The molecule has 2 nitrogen and oxygen atoms in total. The van der Waals surface area contributed by atoms with E-state index in [1.54, 1.807) is 0 Å². The van der Waals surface area contributed by atoms with Gasteiger partial charge in [0, 0.05) is 12.3 Å². The molecule has 2 aromatic rings. The molecule has 0 heterocycles. The second kappa shape index (κ2) is 10.5. The minimum absolute atomic E-state index is 0.0170. The molecule has 0 bridgehead atoms. The average Bonchev–Trinajstić information content (AvgIpc) is 3.07. The van der Waals surface area contributed by atoms with Crippen molar-refractivity contribution in [2.45, 2.75) is 58.0 Å². The minimum Gasteiger partial charge on any atom is -0.393 e. The van der Waals surface area contributed by atoms with E-state index >= 15 is 0 Å². The first-order valence-electron chi connectivity index (χ1n) is 11.3. The van der Waals surface area contributed by atoms with Gasteiger partial charge in [-0.3, -0.25) is 4.79 Å². The molecule has 2 atom stereocenters. The van der Waals surface area contributed by atoms with Gasteiger partial charge in [-0.05, 0) is 60.8 Å². The summed E-state index contributed by atoms with van der Waals surface area (Å²) in [5, 5.41) is 9.84. The molecule has 0 saturated carbocycles. The fraction of sp³-hybridized carbons (Fsp3) is 0.345. The van der Waals surface area contributed by atoms with Crippen LogP contribution in [0.25, 0.3) is 11.1 Å². The molecule has 1 N–H and O–H groups in total. The van der Waals surface area contributed by atoms with E-state index < -0.39 is 6.10 Å². The van der Waals surface area contributed by atoms with Gasteiger partial charge in [0.2, 0.25) is 0 Å². The smallest absolute Gasteiger partial charge is 0.132 e. The first kappa shape index (κ1) is 23.0. The quantitative estimate of drug-likeness (QED) is 0.402. The summed E-state index contributed by atoms with van der Waals surface area (Å²) in [4.78, 5) is 11.1. The summed E-state index contributed by atoms with van der Waals surface area (Å²) >= 11 is 0. The maximum Gasteiger partial charge on any atom is 0.132 e. The second-order valence-corrected chi connectivity index (χ2v) is 8.87. The third-order valence-electron chi connectivity index (χ3n) is 6.34. The van der Waals surface area contributed by atoms with Crippen molar-refractivity contribution in [1.29, 1.82) is 0 Å². The van der Waals surface area contributed by atoms with Crippen LogP contribution >= 0.6 is 0 Å². The first-order valence-corrected chi connectivity index (χ1v) is 11.3. The fourth-order valence-electron chi connectivity index (χ4n) is 4.43. The third kappa shape index (κ3) is 5.92. The number of carbonyl (C=O) groups is 1. The predicted molar refractivity (Wildman–Crippen MR) is 130 cm³/mol. The Balaban J connectivity index is 1.53. The van der Waals surface area contributed by atoms with E-state index in [-0.39, 0.29) is 12.2 Å². The van der Waals surface area contributed by atoms with Crippen LogP contribution in [0.5, 0.6) is 0 Å². The molecule has 0 saturated heterocycles. The number of fused-ring (bicyclic) bond motifs is 3. The van der Waals surface area contributed by atoms with Crippen molar-refractivity contribution in [3.05, 3.63) is 96.1 Å². The molecule has 1 aliphatic rings. The van der Waals surface area contributed by atoms with Gasteiger partial charge in [-0.2, -0.15) is 0 Å². The first-order chi connectivity index (χ1) is 14.9. The third-order valence-corrected chi connectivity index (χ3v) is 6.34. The normalized spacial score (nSPS) is 14.8. The van der Waals surface area contributed by atoms with Gasteiger partial charge in [-0.15, -0.1) is 0 Å². The van der Waals surface area contributed by atoms with Crippen molar-refractivity contribution >= 4 is 5.78 Å². The zero-order valence-electron chi connectivity index (χ0n) is 18.8. The minimum atomic E-state index is -0.582. The lowest BCUT2D eigenvalue weighted by molar-refractivity contribution is -0.118. The molecular formula is C29H34O2. The predicted octanol–water partition coefficient (Wildman–Crippen LogP) is 7.00. The van der Waals surface area contributed by atoms with E-state index in [0.29, 0.717) is 24.7 Å². The molecule has 0 amide bonds. The van der Waals surface area contributed by atoms with Crippen LogP contribution in [-0.4, -0.2) is 17.0 Å². The number of benzene rings is 2. The summed E-state index contributed by atoms with van der Waals surface area (Å²) in [6.07, 6.45) is 7.10. The summed E-state index contributed by atoms with van der Waals surface area (Å²) < 4.78 is 0. The molecular weight excluding hydrogens is 380 g/mol. The molecule has 0 fully saturated rings. The Morgan fingerprint density at radius 1 is 1.00 bits per heavy atom. The highest BCUT2D eigenvalue weighted by atomic mass is 16.3. The molecule has 0 aromatic heterocycles. The summed E-state index contributed by atoms with van der Waals surface area (Å²) in [6, 6.07) is 17.5. The highest BCUT2D eigenvalue weighted by molar-refractivity contribution is 5.78. The van der Waals surface area contributed by atoms with Gasteiger partial charge < -0.3 is 5.11 Å². The Bertz CT molecular complexity index is 936. The Kier molecular flexibility index (Phi) is 7.81. The van der Waals surface area contributed by atoms with Crippen molar-refractivity contribution in [2.24, 2.45) is 5.92 Å². The monoisotopic (exact) mass is 414 g/mol. The number of hydrogen-bond donors (Lipinski definition) is 1. The lowest BCUT2D eigenvalue weighted by Gasteiger charge is -2.18. The number of rotatable bonds is 11. The summed E-state index contributed by atoms with van der Waals surface area (Å²) in [5.41, 5.74) is 7.68. The van der Waals surface area contributed by atoms with Gasteiger partial charge in [-0.25, -0.2) is 0 Å². The number of ketones is 1. The Morgan fingerprint density at radius 2 is 1.58 bits per heavy atom. The Labute approximate surface area is 187 Å². The van der Waals surface area contributed by atoms with Gasteiger partial charge in [0.1, 0.15) is 5.78 Å². The van der Waals surface area contributed by atoms with Crippen LogP contribution in [0, 0.1) is 5.92 Å². The van der Waals surface area contributed by atoms with E-state index in [0.717, 1.165) is 24.0 Å². The zero-order valence-corrected chi connectivity index (χ0v) is 18.8. The van der Waals surface area contributed by atoms with Gasteiger partial charge >= 0.3 is 0 Å². The lowest BCUT2D eigenvalue weighted by atomic mass is 9.87. The van der Waals surface area contributed by atoms with Crippen molar-refractivity contribution in [3.8, 4) is 11.1 Å². The molecule has 162 valence electrons. The lowest BCUT2D eigenvalue weighted by Crippen LogP contribution is -2.11. The van der Waals surface area contributed by atoms with E-state index in [1.165, 1.54) is 29.2 Å². The van der Waals surface area contributed by atoms with E-state index in [1.807, 2.05) is 6.08 Å². The van der Waals surface area contributed by atoms with E-state index in [2.05, 4.69) is 74.7 Å². The summed E-state index contributed by atoms with van der Waals surface area (Å²) in [6.45, 7) is 12.1. The van der Waals surface area contributed by atoms with Crippen LogP contribution in [0.4, 0.5) is 0 Å². The van der Waals surface area contributed by atoms with Crippen LogP contribution < -0.4 is 0 Å². The van der Waals surface area contributed by atoms with E-state index in [4.69, 9.17) is 0 Å². The number of aliphatic hydroxyl groups is 1. The summed E-state index contributed by atoms with van der Waals surface area (Å²) in [5.74, 6) is 0.847. The average molecular weight is 415 g/mol. The van der Waals surface area contributed by atoms with Crippen LogP contribution in [-0.2, 0) is 4.79 Å². The highest BCUT2D eigenvalue weighted by Crippen LogP contribution is 2.47. The molecule has 0 radical (unpaired) electrons. The van der Waals surface area contributed by atoms with Crippen LogP contribution in [0.2, 0.25) is 0 Å². The number of Topliss-reactive ketones (excluding diaryl/α,β-unsaturated/α-hetero) is 1. The Hall–Kier alpha value is -2.71. The standard InChI is InChI=1S/C29H34O2/c1-20(14-17-24(31)19-23(4)30)13-15-21(2)22(3)16-18-29-27-11-7-5-9-25(27)26-10-6-8-12-28(26)29/h5-13,15,22,24,29,31H,1-2,14,16-19H2,3-4H3/b15-13-. The topological polar surface area (TPSA) is 37.3 Å². The van der Waals surface area contributed by atoms with Gasteiger partial charge in [-0.1, -0.05) is 91.9 Å². The largest absolute Gasteiger partial charge is 0.393 e. The molecule has 1 aliphatic carbocycles. The van der Waals surface area contributed by atoms with Crippen LogP contribution in [0.3, 0.4) is 0 Å². The Morgan fingerprint density at radius 3 is 2.16 bits per heavy atom. The maximum atomic E-state index is 11.1. The number of aliphatic hydroxyl groups excluding tert-OH is 1. The maximum absolute atomic E-state index is 11.1. The van der Waals surface area contributed by atoms with Crippen molar-refractivity contribution in [2.75, 3.05) is 0 Å². The molecule has 2 aromatic carbocycles. The molecule has 0 spiro atoms. The van der Waals surface area contributed by atoms with Crippen molar-refractivity contribution in [1.82, 2.24) is 0 Å². The molecule has 31 heavy (non-hydrogen) atoms. The second-order valence-electron chi connectivity index (χ2n) is 8.87. The van der Waals surface area contributed by atoms with Crippen LogP contribution in [0.1, 0.15) is 63.0 Å². The van der Waals surface area contributed by atoms with Gasteiger partial charge in [0.05, 0.1) is 6.10 Å². The number of allylic oxidation sites excluding steroid dienone is 4. The molecule has 2 heteroatoms. The van der Waals surface area contributed by atoms with Crippen molar-refractivity contribution < 1.29 is 9.90 Å². The zero-order chi connectivity index (χ0) is 22.4. The SMILES string of the molecule is C=C(/C=C\C(=C)C(C)CCC1c2ccccc2-c2ccccc21)CCC(O)CC(C)=O. The molecule has 3 rings (SSSR count). The highest BCUT2D eigenvalue weighted by Gasteiger charge is 2.27.